The van der Waals surface area contributed by atoms with E-state index in [1.807, 2.05) is 19.1 Å². The maximum atomic E-state index is 6.27. The monoisotopic (exact) mass is 232 g/mol. The molecule has 1 aromatic carbocycles. The van der Waals surface area contributed by atoms with Crippen LogP contribution in [0.2, 0.25) is 0 Å². The van der Waals surface area contributed by atoms with Gasteiger partial charge in [-0.05, 0) is 36.6 Å². The third kappa shape index (κ3) is 2.18. The number of nitrogens with zero attached hydrogens (tertiary/aromatic N) is 1. The number of aromatic nitrogens is 2. The molecule has 0 amide bonds. The normalized spacial score (nSPS) is 14.2. The summed E-state index contributed by atoms with van der Waals surface area (Å²) in [7, 11) is 0. The molecule has 1 aromatic heterocycles. The van der Waals surface area contributed by atoms with Gasteiger partial charge >= 0.3 is 0 Å². The summed E-state index contributed by atoms with van der Waals surface area (Å²) in [6, 6.07) is 6.03. The van der Waals surface area contributed by atoms with Crippen LogP contribution in [0.25, 0.3) is 11.0 Å². The molecule has 92 valence electrons. The van der Waals surface area contributed by atoms with Crippen LogP contribution in [0.1, 0.15) is 31.3 Å². The number of nitrogens with two attached hydrogens (primary N) is 2. The van der Waals surface area contributed by atoms with Crippen LogP contribution in [0.15, 0.2) is 18.2 Å². The average Bonchev–Trinajstić information content (AvgIpc) is 2.66. The van der Waals surface area contributed by atoms with Crippen LogP contribution in [0, 0.1) is 12.3 Å². The van der Waals surface area contributed by atoms with Crippen LogP contribution in [0.5, 0.6) is 0 Å². The molecule has 0 fully saturated rings. The van der Waals surface area contributed by atoms with Gasteiger partial charge in [-0.3, -0.25) is 0 Å². The third-order valence-corrected chi connectivity index (χ3v) is 3.35. The molecule has 1 atom stereocenters. The van der Waals surface area contributed by atoms with Crippen LogP contribution in [0.3, 0.4) is 0 Å². The van der Waals surface area contributed by atoms with E-state index in [0.717, 1.165) is 22.4 Å². The Hall–Kier alpha value is -1.39. The molecule has 0 aliphatic carbocycles. The fraction of sp³-hybridized carbons (Fsp3) is 0.462. The molecule has 4 heteroatoms. The van der Waals surface area contributed by atoms with E-state index in [1.54, 1.807) is 0 Å². The molecule has 0 aliphatic heterocycles. The highest BCUT2D eigenvalue weighted by Gasteiger charge is 2.26. The van der Waals surface area contributed by atoms with Crippen molar-refractivity contribution in [3.8, 4) is 0 Å². The molecule has 1 heterocycles. The smallest absolute Gasteiger partial charge is 0.104 e. The molecule has 0 saturated heterocycles. The minimum Gasteiger partial charge on any atom is -0.342 e. The van der Waals surface area contributed by atoms with Gasteiger partial charge in [0.05, 0.1) is 11.0 Å². The van der Waals surface area contributed by atoms with Gasteiger partial charge in [0.2, 0.25) is 0 Å². The number of benzene rings is 1. The van der Waals surface area contributed by atoms with E-state index < -0.39 is 0 Å². The molecule has 5 N–H and O–H groups in total. The second kappa shape index (κ2) is 4.13. The average molecular weight is 232 g/mol. The summed E-state index contributed by atoms with van der Waals surface area (Å²) >= 11 is 0. The van der Waals surface area contributed by atoms with Gasteiger partial charge < -0.3 is 16.5 Å². The molecule has 2 aromatic rings. The Bertz CT molecular complexity index is 527. The Morgan fingerprint density at radius 1 is 1.41 bits per heavy atom. The number of aryl methyl sites for hydroxylation is 1. The third-order valence-electron chi connectivity index (χ3n) is 3.35. The van der Waals surface area contributed by atoms with Crippen molar-refractivity contribution in [1.29, 1.82) is 0 Å². The lowest BCUT2D eigenvalue weighted by Crippen LogP contribution is -2.35. The Kier molecular flexibility index (Phi) is 2.93. The molecule has 0 saturated carbocycles. The summed E-state index contributed by atoms with van der Waals surface area (Å²) in [5, 5.41) is 0. The highest BCUT2D eigenvalue weighted by atomic mass is 14.9. The number of hydrogen-bond donors (Lipinski definition) is 3. The SMILES string of the molecule is Cc1nc2ccc(C(N)C(C)(C)CN)cc2[nH]1. The first-order valence-electron chi connectivity index (χ1n) is 5.86. The molecule has 0 spiro atoms. The van der Waals surface area contributed by atoms with Crippen molar-refractivity contribution in [3.05, 3.63) is 29.6 Å². The number of rotatable bonds is 3. The first kappa shape index (κ1) is 12.1. The van der Waals surface area contributed by atoms with Crippen molar-refractivity contribution < 1.29 is 0 Å². The lowest BCUT2D eigenvalue weighted by Gasteiger charge is -2.30. The lowest BCUT2D eigenvalue weighted by atomic mass is 9.81. The first-order valence-corrected chi connectivity index (χ1v) is 5.86. The van der Waals surface area contributed by atoms with Gasteiger partial charge in [-0.1, -0.05) is 19.9 Å². The Labute approximate surface area is 101 Å². The van der Waals surface area contributed by atoms with Gasteiger partial charge in [0.1, 0.15) is 5.82 Å². The fourth-order valence-corrected chi connectivity index (χ4v) is 1.93. The van der Waals surface area contributed by atoms with E-state index in [2.05, 4.69) is 29.9 Å². The summed E-state index contributed by atoms with van der Waals surface area (Å²) in [6.07, 6.45) is 0. The molecule has 4 nitrogen and oxygen atoms in total. The number of aromatic amines is 1. The van der Waals surface area contributed by atoms with Crippen molar-refractivity contribution in [2.24, 2.45) is 16.9 Å². The van der Waals surface area contributed by atoms with Crippen molar-refractivity contribution in [1.82, 2.24) is 9.97 Å². The number of hydrogen-bond acceptors (Lipinski definition) is 3. The molecule has 2 rings (SSSR count). The Morgan fingerprint density at radius 2 is 2.12 bits per heavy atom. The second-order valence-electron chi connectivity index (χ2n) is 5.27. The second-order valence-corrected chi connectivity index (χ2v) is 5.27. The molecule has 17 heavy (non-hydrogen) atoms. The molecule has 0 radical (unpaired) electrons. The van der Waals surface area contributed by atoms with Crippen LogP contribution < -0.4 is 11.5 Å². The summed E-state index contributed by atoms with van der Waals surface area (Å²) in [5.74, 6) is 0.920. The quantitative estimate of drug-likeness (QED) is 0.755. The Morgan fingerprint density at radius 3 is 2.76 bits per heavy atom. The van der Waals surface area contributed by atoms with Gasteiger partial charge in [-0.2, -0.15) is 0 Å². The largest absolute Gasteiger partial charge is 0.342 e. The van der Waals surface area contributed by atoms with E-state index in [9.17, 15) is 0 Å². The molecule has 0 aliphatic rings. The van der Waals surface area contributed by atoms with E-state index in [-0.39, 0.29) is 11.5 Å². The van der Waals surface area contributed by atoms with E-state index >= 15 is 0 Å². The zero-order valence-electron chi connectivity index (χ0n) is 10.6. The number of fused-ring (bicyclic) bond motifs is 1. The number of nitrogens with one attached hydrogen (secondary N) is 1. The summed E-state index contributed by atoms with van der Waals surface area (Å²) in [4.78, 5) is 7.60. The zero-order valence-corrected chi connectivity index (χ0v) is 10.6. The van der Waals surface area contributed by atoms with Crippen molar-refractivity contribution in [2.75, 3.05) is 6.54 Å². The van der Waals surface area contributed by atoms with Crippen LogP contribution >= 0.6 is 0 Å². The molecular weight excluding hydrogens is 212 g/mol. The summed E-state index contributed by atoms with van der Waals surface area (Å²) in [5.41, 5.74) is 15.0. The molecular formula is C13H20N4. The van der Waals surface area contributed by atoms with Crippen molar-refractivity contribution >= 4 is 11.0 Å². The van der Waals surface area contributed by atoms with Gasteiger partial charge in [-0.15, -0.1) is 0 Å². The maximum Gasteiger partial charge on any atom is 0.104 e. The standard InChI is InChI=1S/C13H20N4/c1-8-16-10-5-4-9(6-11(10)17-8)12(15)13(2,3)7-14/h4-6,12H,7,14-15H2,1-3H3,(H,16,17). The lowest BCUT2D eigenvalue weighted by molar-refractivity contribution is 0.301. The summed E-state index contributed by atoms with van der Waals surface area (Å²) < 4.78 is 0. The highest BCUT2D eigenvalue weighted by Crippen LogP contribution is 2.31. The number of imidazole rings is 1. The fourth-order valence-electron chi connectivity index (χ4n) is 1.93. The Balaban J connectivity index is 2.42. The topological polar surface area (TPSA) is 80.7 Å². The number of H-pyrrole nitrogens is 1. The maximum absolute atomic E-state index is 6.27. The predicted octanol–water partition coefficient (Wildman–Crippen LogP) is 1.86. The first-order chi connectivity index (χ1) is 7.94. The summed E-state index contributed by atoms with van der Waals surface area (Å²) in [6.45, 7) is 6.68. The van der Waals surface area contributed by atoms with Crippen LogP contribution in [-0.2, 0) is 0 Å². The van der Waals surface area contributed by atoms with E-state index in [1.165, 1.54) is 0 Å². The van der Waals surface area contributed by atoms with Gasteiger partial charge in [0, 0.05) is 6.04 Å². The molecule has 0 bridgehead atoms. The minimum atomic E-state index is -0.108. The van der Waals surface area contributed by atoms with E-state index in [4.69, 9.17) is 11.5 Å². The molecule has 1 unspecified atom stereocenters. The minimum absolute atomic E-state index is 0.0690. The van der Waals surface area contributed by atoms with Crippen LogP contribution in [-0.4, -0.2) is 16.5 Å². The van der Waals surface area contributed by atoms with Crippen molar-refractivity contribution in [2.45, 2.75) is 26.8 Å². The van der Waals surface area contributed by atoms with Crippen LogP contribution in [0.4, 0.5) is 0 Å². The van der Waals surface area contributed by atoms with E-state index in [0.29, 0.717) is 6.54 Å². The highest BCUT2D eigenvalue weighted by molar-refractivity contribution is 5.76. The van der Waals surface area contributed by atoms with Crippen molar-refractivity contribution in [3.63, 3.8) is 0 Å². The predicted molar refractivity (Wildman–Crippen MR) is 70.6 cm³/mol. The van der Waals surface area contributed by atoms with Gasteiger partial charge in [-0.25, -0.2) is 4.98 Å². The van der Waals surface area contributed by atoms with Gasteiger partial charge in [0.25, 0.3) is 0 Å². The van der Waals surface area contributed by atoms with Gasteiger partial charge in [0.15, 0.2) is 0 Å². The zero-order chi connectivity index (χ0) is 12.6.